The van der Waals surface area contributed by atoms with Crippen LogP contribution < -0.4 is 0 Å². The van der Waals surface area contributed by atoms with Crippen LogP contribution in [0.4, 0.5) is 0 Å². The topological polar surface area (TPSA) is 80.7 Å². The molecule has 0 aliphatic heterocycles. The van der Waals surface area contributed by atoms with Crippen LogP contribution in [0.5, 0.6) is 0 Å². The van der Waals surface area contributed by atoms with Gasteiger partial charge in [-0.3, -0.25) is 4.79 Å². The van der Waals surface area contributed by atoms with Crippen molar-refractivity contribution < 1.29 is 23.1 Å². The molecule has 0 aromatic heterocycles. The zero-order chi connectivity index (χ0) is 21.1. The molecule has 1 aromatic carbocycles. The van der Waals surface area contributed by atoms with Crippen LogP contribution in [-0.4, -0.2) is 38.8 Å². The summed E-state index contributed by atoms with van der Waals surface area (Å²) in [7, 11) is -3.29. The van der Waals surface area contributed by atoms with Crippen LogP contribution in [0.3, 0.4) is 0 Å². The minimum atomic E-state index is -3.29. The van der Waals surface area contributed by atoms with E-state index in [2.05, 4.69) is 0 Å². The first-order chi connectivity index (χ1) is 12.9. The van der Waals surface area contributed by atoms with Crippen molar-refractivity contribution >= 4 is 21.2 Å². The van der Waals surface area contributed by atoms with Crippen molar-refractivity contribution in [3.63, 3.8) is 0 Å². The first-order valence-corrected chi connectivity index (χ1v) is 11.7. The lowest BCUT2D eigenvalue weighted by Gasteiger charge is -2.31. The normalized spacial score (nSPS) is 17.5. The molecule has 5 nitrogen and oxygen atoms in total. The highest BCUT2D eigenvalue weighted by Crippen LogP contribution is 2.40. The van der Waals surface area contributed by atoms with Crippen LogP contribution in [0.15, 0.2) is 34.9 Å². The molecule has 156 valence electrons. The van der Waals surface area contributed by atoms with Gasteiger partial charge < -0.3 is 9.84 Å². The van der Waals surface area contributed by atoms with E-state index in [1.54, 1.807) is 24.3 Å². The molecular formula is C22H32O5S. The number of sulfone groups is 1. The molecule has 0 amide bonds. The van der Waals surface area contributed by atoms with Gasteiger partial charge in [0.2, 0.25) is 5.78 Å². The Balaban J connectivity index is 2.56. The molecule has 1 aliphatic rings. The predicted molar refractivity (Wildman–Crippen MR) is 110 cm³/mol. The van der Waals surface area contributed by atoms with Gasteiger partial charge in [-0.25, -0.2) is 8.42 Å². The van der Waals surface area contributed by atoms with Gasteiger partial charge in [0.1, 0.15) is 0 Å². The number of carbonyl (C=O) groups excluding carboxylic acids is 1. The molecule has 28 heavy (non-hydrogen) atoms. The standard InChI is InChI=1S/C22H32O5S/c1-15(13-23)14-27-21(20(24)17-7-6-8-17)19(22(2,3)4)16-9-11-18(12-10-16)28(5,25)26/h9-12,15,17,23H,6-8,13-14H2,1-5H3/b21-19+/t15-/m0/s1. The molecule has 0 saturated heterocycles. The Morgan fingerprint density at radius 1 is 1.21 bits per heavy atom. The summed E-state index contributed by atoms with van der Waals surface area (Å²) in [4.78, 5) is 13.4. The number of hydrogen-bond acceptors (Lipinski definition) is 5. The molecule has 0 radical (unpaired) electrons. The molecule has 0 heterocycles. The SMILES string of the molecule is C[C@@H](CO)CO/C(C(=O)C1CCC1)=C(\c1ccc(S(C)(=O)=O)cc1)C(C)(C)C. The van der Waals surface area contributed by atoms with Crippen LogP contribution >= 0.6 is 0 Å². The third-order valence-electron chi connectivity index (χ3n) is 5.07. The van der Waals surface area contributed by atoms with Crippen LogP contribution in [0.1, 0.15) is 52.5 Å². The highest BCUT2D eigenvalue weighted by molar-refractivity contribution is 7.90. The highest BCUT2D eigenvalue weighted by Gasteiger charge is 2.34. The molecule has 0 unspecified atom stereocenters. The van der Waals surface area contributed by atoms with Crippen molar-refractivity contribution in [2.75, 3.05) is 19.5 Å². The van der Waals surface area contributed by atoms with Crippen LogP contribution in [0.2, 0.25) is 0 Å². The predicted octanol–water partition coefficient (Wildman–Crippen LogP) is 3.86. The van der Waals surface area contributed by atoms with Gasteiger partial charge in [-0.1, -0.05) is 46.2 Å². The quantitative estimate of drug-likeness (QED) is 0.522. The summed E-state index contributed by atoms with van der Waals surface area (Å²) in [5, 5.41) is 9.34. The minimum Gasteiger partial charge on any atom is -0.489 e. The number of aliphatic hydroxyl groups is 1. The van der Waals surface area contributed by atoms with Crippen molar-refractivity contribution in [3.05, 3.63) is 35.6 Å². The van der Waals surface area contributed by atoms with Crippen molar-refractivity contribution in [1.82, 2.24) is 0 Å². The van der Waals surface area contributed by atoms with E-state index in [0.29, 0.717) is 5.76 Å². The molecule has 1 aromatic rings. The first kappa shape index (κ1) is 22.6. The number of hydrogen-bond donors (Lipinski definition) is 1. The second-order valence-corrected chi connectivity index (χ2v) is 10.9. The summed E-state index contributed by atoms with van der Waals surface area (Å²) in [5.41, 5.74) is 1.16. The molecule has 0 spiro atoms. The van der Waals surface area contributed by atoms with Crippen LogP contribution in [0.25, 0.3) is 5.57 Å². The van der Waals surface area contributed by atoms with Gasteiger partial charge in [0.15, 0.2) is 15.6 Å². The lowest BCUT2D eigenvalue weighted by atomic mass is 9.76. The molecule has 1 fully saturated rings. The highest BCUT2D eigenvalue weighted by atomic mass is 32.2. The van der Waals surface area contributed by atoms with Gasteiger partial charge in [-0.15, -0.1) is 0 Å². The maximum atomic E-state index is 13.2. The summed E-state index contributed by atoms with van der Waals surface area (Å²) in [6.45, 7) is 8.15. The first-order valence-electron chi connectivity index (χ1n) is 9.78. The minimum absolute atomic E-state index is 0.00787. The third-order valence-corrected chi connectivity index (χ3v) is 6.20. The second kappa shape index (κ2) is 8.78. The number of Topliss-reactive ketones (excluding diaryl/α,β-unsaturated/α-hetero) is 1. The Kier molecular flexibility index (Phi) is 7.10. The second-order valence-electron chi connectivity index (χ2n) is 8.84. The lowest BCUT2D eigenvalue weighted by molar-refractivity contribution is -0.125. The van der Waals surface area contributed by atoms with Crippen LogP contribution in [0, 0.1) is 17.3 Å². The molecule has 2 rings (SSSR count). The van der Waals surface area contributed by atoms with Crippen molar-refractivity contribution in [2.24, 2.45) is 17.3 Å². The third kappa shape index (κ3) is 5.45. The van der Waals surface area contributed by atoms with Gasteiger partial charge in [0, 0.05) is 30.3 Å². The fourth-order valence-electron chi connectivity index (χ4n) is 3.17. The molecule has 1 atom stereocenters. The zero-order valence-corrected chi connectivity index (χ0v) is 18.3. The molecule has 6 heteroatoms. The van der Waals surface area contributed by atoms with E-state index in [9.17, 15) is 18.3 Å². The number of aliphatic hydroxyl groups excluding tert-OH is 1. The van der Waals surface area contributed by atoms with E-state index >= 15 is 0 Å². The zero-order valence-electron chi connectivity index (χ0n) is 17.5. The number of carbonyl (C=O) groups is 1. The van der Waals surface area contributed by atoms with Gasteiger partial charge in [-0.2, -0.15) is 0 Å². The molecule has 1 aliphatic carbocycles. The molecule has 0 bridgehead atoms. The Labute approximate surface area is 168 Å². The maximum Gasteiger partial charge on any atom is 0.200 e. The van der Waals surface area contributed by atoms with E-state index in [-0.39, 0.29) is 41.1 Å². The van der Waals surface area contributed by atoms with E-state index in [0.717, 1.165) is 30.4 Å². The number of ketones is 1. The number of benzene rings is 1. The monoisotopic (exact) mass is 408 g/mol. The van der Waals surface area contributed by atoms with Crippen molar-refractivity contribution in [2.45, 2.75) is 51.9 Å². The summed E-state index contributed by atoms with van der Waals surface area (Å²) < 4.78 is 29.6. The summed E-state index contributed by atoms with van der Waals surface area (Å²) in [6.07, 6.45) is 3.95. The molecular weight excluding hydrogens is 376 g/mol. The van der Waals surface area contributed by atoms with E-state index in [1.165, 1.54) is 6.26 Å². The largest absolute Gasteiger partial charge is 0.489 e. The van der Waals surface area contributed by atoms with Crippen molar-refractivity contribution in [1.29, 1.82) is 0 Å². The maximum absolute atomic E-state index is 13.2. The van der Waals surface area contributed by atoms with Gasteiger partial charge in [0.25, 0.3) is 0 Å². The van der Waals surface area contributed by atoms with Crippen LogP contribution in [-0.2, 0) is 19.4 Å². The van der Waals surface area contributed by atoms with Gasteiger partial charge >= 0.3 is 0 Å². The molecule has 1 saturated carbocycles. The fourth-order valence-corrected chi connectivity index (χ4v) is 3.80. The Morgan fingerprint density at radius 3 is 2.18 bits per heavy atom. The summed E-state index contributed by atoms with van der Waals surface area (Å²) in [5.74, 6) is 0.253. The number of ether oxygens (including phenoxy) is 1. The van der Waals surface area contributed by atoms with E-state index in [1.807, 2.05) is 27.7 Å². The van der Waals surface area contributed by atoms with E-state index < -0.39 is 9.84 Å². The lowest BCUT2D eigenvalue weighted by Crippen LogP contribution is -2.28. The van der Waals surface area contributed by atoms with Crippen molar-refractivity contribution in [3.8, 4) is 0 Å². The number of rotatable bonds is 8. The van der Waals surface area contributed by atoms with Gasteiger partial charge in [0.05, 0.1) is 11.5 Å². The Bertz CT molecular complexity index is 825. The fraction of sp³-hybridized carbons (Fsp3) is 0.591. The van der Waals surface area contributed by atoms with E-state index in [4.69, 9.17) is 4.74 Å². The Hall–Kier alpha value is -1.66. The summed E-state index contributed by atoms with van der Waals surface area (Å²) in [6, 6.07) is 6.62. The van der Waals surface area contributed by atoms with Gasteiger partial charge in [-0.05, 0) is 36.0 Å². The average Bonchev–Trinajstić information content (AvgIpc) is 2.54. The molecule has 1 N–H and O–H groups in total. The smallest absolute Gasteiger partial charge is 0.200 e. The Morgan fingerprint density at radius 2 is 1.79 bits per heavy atom. The number of allylic oxidation sites excluding steroid dienone is 2. The summed E-state index contributed by atoms with van der Waals surface area (Å²) >= 11 is 0. The average molecular weight is 409 g/mol.